The number of nitrogens with one attached hydrogen (secondary N) is 3. The van der Waals surface area contributed by atoms with Gasteiger partial charge in [0.15, 0.2) is 0 Å². The molecule has 2 heterocycles. The van der Waals surface area contributed by atoms with E-state index in [-0.39, 0.29) is 5.60 Å². The van der Waals surface area contributed by atoms with Crippen LogP contribution >= 0.6 is 0 Å². The molecule has 1 spiro atoms. The summed E-state index contributed by atoms with van der Waals surface area (Å²) in [6.45, 7) is 8.45. The van der Waals surface area contributed by atoms with Crippen molar-refractivity contribution in [3.63, 3.8) is 0 Å². The molecular weight excluding hydrogens is 288 g/mol. The first-order chi connectivity index (χ1) is 11.0. The smallest absolute Gasteiger partial charge is 0.0697 e. The minimum Gasteiger partial charge on any atom is -0.374 e. The molecular formula is C18H32N4O. The van der Waals surface area contributed by atoms with Gasteiger partial charge < -0.3 is 15.4 Å². The van der Waals surface area contributed by atoms with E-state index in [9.17, 15) is 0 Å². The van der Waals surface area contributed by atoms with Crippen LogP contribution in [0.1, 0.15) is 63.1 Å². The fourth-order valence-corrected chi connectivity index (χ4v) is 4.32. The van der Waals surface area contributed by atoms with Gasteiger partial charge in [-0.15, -0.1) is 0 Å². The molecule has 5 heteroatoms. The largest absolute Gasteiger partial charge is 0.374 e. The predicted molar refractivity (Wildman–Crippen MR) is 92.5 cm³/mol. The molecule has 0 amide bonds. The third-order valence-corrected chi connectivity index (χ3v) is 5.47. The third-order valence-electron chi connectivity index (χ3n) is 5.47. The number of aromatic nitrogens is 2. The SMILES string of the molecule is CNCCNCc1c[nH]nc1C1CCC2(CC1)CC(C)(C)CO2. The molecule has 1 aromatic rings. The molecule has 1 aromatic heterocycles. The number of H-pyrrole nitrogens is 1. The van der Waals surface area contributed by atoms with E-state index in [0.717, 1.165) is 26.2 Å². The van der Waals surface area contributed by atoms with Crippen molar-refractivity contribution in [3.05, 3.63) is 17.5 Å². The molecule has 0 aromatic carbocycles. The van der Waals surface area contributed by atoms with Crippen LogP contribution in [0.3, 0.4) is 0 Å². The Morgan fingerprint density at radius 2 is 2.09 bits per heavy atom. The summed E-state index contributed by atoms with van der Waals surface area (Å²) in [7, 11) is 1.98. The summed E-state index contributed by atoms with van der Waals surface area (Å²) in [6, 6.07) is 0. The van der Waals surface area contributed by atoms with Crippen molar-refractivity contribution < 1.29 is 4.74 Å². The molecule has 1 aliphatic carbocycles. The third kappa shape index (κ3) is 3.95. The summed E-state index contributed by atoms with van der Waals surface area (Å²) >= 11 is 0. The van der Waals surface area contributed by atoms with Crippen molar-refractivity contribution in [3.8, 4) is 0 Å². The van der Waals surface area contributed by atoms with Gasteiger partial charge >= 0.3 is 0 Å². The fraction of sp³-hybridized carbons (Fsp3) is 0.833. The topological polar surface area (TPSA) is 62.0 Å². The van der Waals surface area contributed by atoms with Crippen molar-refractivity contribution in [1.82, 2.24) is 20.8 Å². The number of ether oxygens (including phenoxy) is 1. The van der Waals surface area contributed by atoms with E-state index in [1.165, 1.54) is 43.4 Å². The predicted octanol–water partition coefficient (Wildman–Crippen LogP) is 2.56. The van der Waals surface area contributed by atoms with E-state index in [1.54, 1.807) is 0 Å². The second kappa shape index (κ2) is 6.91. The summed E-state index contributed by atoms with van der Waals surface area (Å²) in [5.74, 6) is 0.584. The van der Waals surface area contributed by atoms with Crippen molar-refractivity contribution in [1.29, 1.82) is 0 Å². The second-order valence-electron chi connectivity index (χ2n) is 8.16. The van der Waals surface area contributed by atoms with Crippen LogP contribution in [-0.2, 0) is 11.3 Å². The Kier molecular flexibility index (Phi) is 5.09. The van der Waals surface area contributed by atoms with Crippen LogP contribution in [0.5, 0.6) is 0 Å². The number of aromatic amines is 1. The summed E-state index contributed by atoms with van der Waals surface area (Å²) in [5.41, 5.74) is 3.10. The maximum atomic E-state index is 6.24. The molecule has 2 aliphatic rings. The van der Waals surface area contributed by atoms with Crippen molar-refractivity contribution in [2.24, 2.45) is 5.41 Å². The van der Waals surface area contributed by atoms with Gasteiger partial charge in [0, 0.05) is 37.3 Å². The highest BCUT2D eigenvalue weighted by Gasteiger charge is 2.46. The van der Waals surface area contributed by atoms with E-state index >= 15 is 0 Å². The number of hydrogen-bond donors (Lipinski definition) is 3. The summed E-state index contributed by atoms with van der Waals surface area (Å²) in [5, 5.41) is 14.3. The van der Waals surface area contributed by atoms with E-state index in [0.29, 0.717) is 11.3 Å². The fourth-order valence-electron chi connectivity index (χ4n) is 4.32. The molecule has 3 rings (SSSR count). The van der Waals surface area contributed by atoms with E-state index in [4.69, 9.17) is 4.74 Å². The van der Waals surface area contributed by atoms with Crippen molar-refractivity contribution >= 4 is 0 Å². The first-order valence-electron chi connectivity index (χ1n) is 9.05. The molecule has 1 aliphatic heterocycles. The molecule has 0 radical (unpaired) electrons. The standard InChI is InChI=1S/C18H32N4O/c1-17(2)12-18(23-13-17)6-4-14(5-7-18)16-15(11-21-22-16)10-20-9-8-19-3/h11,14,19-20H,4-10,12-13H2,1-3H3,(H,21,22). The normalized spacial score (nSPS) is 30.1. The Hall–Kier alpha value is -0.910. The lowest BCUT2D eigenvalue weighted by Crippen LogP contribution is -2.34. The van der Waals surface area contributed by atoms with Crippen LogP contribution in [0.25, 0.3) is 0 Å². The van der Waals surface area contributed by atoms with Crippen LogP contribution in [-0.4, -0.2) is 42.5 Å². The lowest BCUT2D eigenvalue weighted by atomic mass is 9.72. The Balaban J connectivity index is 1.55. The first kappa shape index (κ1) is 16.9. The van der Waals surface area contributed by atoms with Crippen molar-refractivity contribution in [2.45, 2.75) is 64.0 Å². The first-order valence-corrected chi connectivity index (χ1v) is 9.05. The van der Waals surface area contributed by atoms with Gasteiger partial charge in [0.1, 0.15) is 0 Å². The monoisotopic (exact) mass is 320 g/mol. The van der Waals surface area contributed by atoms with E-state index < -0.39 is 0 Å². The zero-order valence-electron chi connectivity index (χ0n) is 14.9. The molecule has 5 nitrogen and oxygen atoms in total. The number of rotatable bonds is 6. The molecule has 1 saturated carbocycles. The zero-order valence-corrected chi connectivity index (χ0v) is 14.9. The quantitative estimate of drug-likeness (QED) is 0.705. The van der Waals surface area contributed by atoms with Gasteiger partial charge in [-0.3, -0.25) is 5.10 Å². The minimum absolute atomic E-state index is 0.154. The van der Waals surface area contributed by atoms with Gasteiger partial charge in [-0.05, 0) is 44.6 Å². The van der Waals surface area contributed by atoms with Crippen LogP contribution in [0.15, 0.2) is 6.20 Å². The summed E-state index contributed by atoms with van der Waals surface area (Å²) in [4.78, 5) is 0. The van der Waals surface area contributed by atoms with Gasteiger partial charge in [-0.2, -0.15) is 5.10 Å². The molecule has 23 heavy (non-hydrogen) atoms. The van der Waals surface area contributed by atoms with Crippen LogP contribution < -0.4 is 10.6 Å². The Morgan fingerprint density at radius 1 is 1.30 bits per heavy atom. The molecule has 0 bridgehead atoms. The van der Waals surface area contributed by atoms with Crippen molar-refractivity contribution in [2.75, 3.05) is 26.7 Å². The van der Waals surface area contributed by atoms with Gasteiger partial charge in [-0.25, -0.2) is 0 Å². The minimum atomic E-state index is 0.154. The highest BCUT2D eigenvalue weighted by Crippen LogP contribution is 2.49. The molecule has 130 valence electrons. The molecule has 2 fully saturated rings. The van der Waals surface area contributed by atoms with Crippen LogP contribution in [0.4, 0.5) is 0 Å². The van der Waals surface area contributed by atoms with Gasteiger partial charge in [-0.1, -0.05) is 13.8 Å². The second-order valence-corrected chi connectivity index (χ2v) is 8.16. The van der Waals surface area contributed by atoms with Gasteiger partial charge in [0.2, 0.25) is 0 Å². The average Bonchev–Trinajstić information content (AvgIpc) is 3.10. The highest BCUT2D eigenvalue weighted by atomic mass is 16.5. The summed E-state index contributed by atoms with van der Waals surface area (Å²) < 4.78 is 6.24. The van der Waals surface area contributed by atoms with Gasteiger partial charge in [0.05, 0.1) is 17.9 Å². The molecule has 1 saturated heterocycles. The lowest BCUT2D eigenvalue weighted by molar-refractivity contribution is -0.0296. The Morgan fingerprint density at radius 3 is 2.74 bits per heavy atom. The Labute approximate surface area is 140 Å². The summed E-state index contributed by atoms with van der Waals surface area (Å²) in [6.07, 6.45) is 8.03. The molecule has 0 atom stereocenters. The van der Waals surface area contributed by atoms with E-state index in [1.807, 2.05) is 7.05 Å². The average molecular weight is 320 g/mol. The number of hydrogen-bond acceptors (Lipinski definition) is 4. The molecule has 3 N–H and O–H groups in total. The number of nitrogens with zero attached hydrogens (tertiary/aromatic N) is 1. The zero-order chi connectivity index (χ0) is 16.3. The lowest BCUT2D eigenvalue weighted by Gasteiger charge is -2.36. The highest BCUT2D eigenvalue weighted by molar-refractivity contribution is 5.21. The maximum absolute atomic E-state index is 6.24. The van der Waals surface area contributed by atoms with Crippen LogP contribution in [0, 0.1) is 5.41 Å². The van der Waals surface area contributed by atoms with E-state index in [2.05, 4.69) is 40.9 Å². The number of likely N-dealkylation sites (N-methyl/N-ethyl adjacent to an activating group) is 1. The maximum Gasteiger partial charge on any atom is 0.0697 e. The Bertz CT molecular complexity index is 503. The van der Waals surface area contributed by atoms with Crippen LogP contribution in [0.2, 0.25) is 0 Å². The van der Waals surface area contributed by atoms with Gasteiger partial charge in [0.25, 0.3) is 0 Å². The molecule has 0 unspecified atom stereocenters.